The molecule has 2 aromatic rings. The minimum absolute atomic E-state index is 0.157. The maximum atomic E-state index is 12.7. The first-order valence-electron chi connectivity index (χ1n) is 6.17. The molecule has 0 radical (unpaired) electrons. The lowest BCUT2D eigenvalue weighted by molar-refractivity contribution is 0.580. The van der Waals surface area contributed by atoms with Gasteiger partial charge in [0.15, 0.2) is 0 Å². The van der Waals surface area contributed by atoms with Gasteiger partial charge in [0.25, 0.3) is 0 Å². The van der Waals surface area contributed by atoms with E-state index in [0.29, 0.717) is 18.5 Å². The van der Waals surface area contributed by atoms with Gasteiger partial charge in [-0.25, -0.2) is 22.5 Å². The number of nitrogens with zero attached hydrogens (tertiary/aromatic N) is 1. The molecule has 0 atom stereocenters. The summed E-state index contributed by atoms with van der Waals surface area (Å²) >= 11 is 0. The van der Waals surface area contributed by atoms with E-state index in [1.807, 2.05) is 6.92 Å². The minimum atomic E-state index is -3.42. The first-order chi connectivity index (χ1) is 9.44. The van der Waals surface area contributed by atoms with Crippen LogP contribution in [0.15, 0.2) is 30.5 Å². The number of aromatic amines is 1. The van der Waals surface area contributed by atoms with Crippen LogP contribution in [0.2, 0.25) is 0 Å². The van der Waals surface area contributed by atoms with Gasteiger partial charge in [-0.15, -0.1) is 0 Å². The number of rotatable bonds is 6. The number of hydrogen-bond donors (Lipinski definition) is 2. The van der Waals surface area contributed by atoms with Crippen LogP contribution in [0.4, 0.5) is 4.39 Å². The van der Waals surface area contributed by atoms with E-state index in [4.69, 9.17) is 0 Å². The maximum absolute atomic E-state index is 12.7. The van der Waals surface area contributed by atoms with E-state index < -0.39 is 10.0 Å². The highest BCUT2D eigenvalue weighted by molar-refractivity contribution is 7.88. The standard InChI is InChI=1S/C13H16FN3O2S/c1-10-15-8-13(17-10)6-7-16-20(18,19)9-11-2-4-12(14)5-3-11/h2-5,8,16H,6-7,9H2,1H3,(H,15,17). The summed E-state index contributed by atoms with van der Waals surface area (Å²) in [6.07, 6.45) is 2.23. The predicted octanol–water partition coefficient (Wildman–Crippen LogP) is 1.52. The van der Waals surface area contributed by atoms with Crippen molar-refractivity contribution in [2.75, 3.05) is 6.54 Å². The Bertz CT molecular complexity index is 665. The van der Waals surface area contributed by atoms with Gasteiger partial charge in [0.05, 0.1) is 5.75 Å². The van der Waals surface area contributed by atoms with Gasteiger partial charge in [0.2, 0.25) is 10.0 Å². The molecule has 0 spiro atoms. The fourth-order valence-corrected chi connectivity index (χ4v) is 2.94. The first kappa shape index (κ1) is 14.7. The Kier molecular flexibility index (Phi) is 4.51. The number of aryl methyl sites for hydroxylation is 1. The molecule has 108 valence electrons. The molecular formula is C13H16FN3O2S. The molecule has 1 aromatic heterocycles. The monoisotopic (exact) mass is 297 g/mol. The van der Waals surface area contributed by atoms with Crippen molar-refractivity contribution >= 4 is 10.0 Å². The number of aromatic nitrogens is 2. The third-order valence-electron chi connectivity index (χ3n) is 2.74. The lowest BCUT2D eigenvalue weighted by atomic mass is 10.2. The number of hydrogen-bond acceptors (Lipinski definition) is 3. The average Bonchev–Trinajstić information content (AvgIpc) is 2.77. The fraction of sp³-hybridized carbons (Fsp3) is 0.308. The smallest absolute Gasteiger partial charge is 0.215 e. The molecule has 1 aromatic carbocycles. The lowest BCUT2D eigenvalue weighted by Gasteiger charge is -2.06. The van der Waals surface area contributed by atoms with Crippen LogP contribution in [0.5, 0.6) is 0 Å². The van der Waals surface area contributed by atoms with Gasteiger partial charge in [-0.3, -0.25) is 0 Å². The van der Waals surface area contributed by atoms with Crippen LogP contribution in [-0.4, -0.2) is 24.9 Å². The zero-order valence-corrected chi connectivity index (χ0v) is 11.9. The van der Waals surface area contributed by atoms with Gasteiger partial charge in [-0.1, -0.05) is 12.1 Å². The van der Waals surface area contributed by atoms with Crippen LogP contribution in [0.3, 0.4) is 0 Å². The Morgan fingerprint density at radius 1 is 1.30 bits per heavy atom. The topological polar surface area (TPSA) is 74.8 Å². The molecule has 0 saturated carbocycles. The van der Waals surface area contributed by atoms with E-state index in [2.05, 4.69) is 14.7 Å². The van der Waals surface area contributed by atoms with Gasteiger partial charge >= 0.3 is 0 Å². The van der Waals surface area contributed by atoms with E-state index in [1.165, 1.54) is 24.3 Å². The Morgan fingerprint density at radius 3 is 2.60 bits per heavy atom. The Hall–Kier alpha value is -1.73. The summed E-state index contributed by atoms with van der Waals surface area (Å²) in [6, 6.07) is 5.43. The van der Waals surface area contributed by atoms with Crippen molar-refractivity contribution in [2.45, 2.75) is 19.1 Å². The number of sulfonamides is 1. The van der Waals surface area contributed by atoms with Crippen molar-refractivity contribution in [3.8, 4) is 0 Å². The van der Waals surface area contributed by atoms with Crippen LogP contribution in [-0.2, 0) is 22.2 Å². The maximum Gasteiger partial charge on any atom is 0.215 e. The number of imidazole rings is 1. The molecular weight excluding hydrogens is 281 g/mol. The highest BCUT2D eigenvalue weighted by Gasteiger charge is 2.11. The van der Waals surface area contributed by atoms with Crippen molar-refractivity contribution in [2.24, 2.45) is 0 Å². The van der Waals surface area contributed by atoms with Crippen LogP contribution in [0.25, 0.3) is 0 Å². The van der Waals surface area contributed by atoms with Gasteiger partial charge in [0.1, 0.15) is 11.6 Å². The fourth-order valence-electron chi connectivity index (χ4n) is 1.79. The summed E-state index contributed by atoms with van der Waals surface area (Å²) in [7, 11) is -3.42. The molecule has 20 heavy (non-hydrogen) atoms. The Morgan fingerprint density at radius 2 is 2.00 bits per heavy atom. The third kappa shape index (κ3) is 4.43. The van der Waals surface area contributed by atoms with E-state index in [1.54, 1.807) is 6.20 Å². The van der Waals surface area contributed by atoms with Gasteiger partial charge < -0.3 is 4.98 Å². The molecule has 7 heteroatoms. The molecule has 2 N–H and O–H groups in total. The molecule has 0 aliphatic rings. The lowest BCUT2D eigenvalue weighted by Crippen LogP contribution is -2.27. The van der Waals surface area contributed by atoms with Crippen LogP contribution >= 0.6 is 0 Å². The van der Waals surface area contributed by atoms with Crippen LogP contribution < -0.4 is 4.72 Å². The summed E-state index contributed by atoms with van der Waals surface area (Å²) in [5.74, 6) is 0.262. The van der Waals surface area contributed by atoms with E-state index in [9.17, 15) is 12.8 Å². The minimum Gasteiger partial charge on any atom is -0.346 e. The summed E-state index contributed by atoms with van der Waals surface area (Å²) in [4.78, 5) is 7.07. The predicted molar refractivity (Wildman–Crippen MR) is 74.1 cm³/mol. The number of nitrogens with one attached hydrogen (secondary N) is 2. The van der Waals surface area contributed by atoms with Crippen molar-refractivity contribution in [3.05, 3.63) is 53.4 Å². The van der Waals surface area contributed by atoms with Gasteiger partial charge in [-0.2, -0.15) is 0 Å². The number of halogens is 1. The zero-order chi connectivity index (χ0) is 14.6. The van der Waals surface area contributed by atoms with Crippen molar-refractivity contribution in [3.63, 3.8) is 0 Å². The van der Waals surface area contributed by atoms with E-state index in [0.717, 1.165) is 11.5 Å². The normalized spacial score (nSPS) is 11.7. The molecule has 0 saturated heterocycles. The molecule has 0 unspecified atom stereocenters. The van der Waals surface area contributed by atoms with E-state index in [-0.39, 0.29) is 11.6 Å². The number of H-pyrrole nitrogens is 1. The van der Waals surface area contributed by atoms with Crippen molar-refractivity contribution in [1.29, 1.82) is 0 Å². The molecule has 0 aliphatic carbocycles. The van der Waals surface area contributed by atoms with Crippen molar-refractivity contribution in [1.82, 2.24) is 14.7 Å². The molecule has 0 fully saturated rings. The molecule has 0 aliphatic heterocycles. The second-order valence-electron chi connectivity index (χ2n) is 4.52. The highest BCUT2D eigenvalue weighted by atomic mass is 32.2. The highest BCUT2D eigenvalue weighted by Crippen LogP contribution is 2.06. The molecule has 1 heterocycles. The van der Waals surface area contributed by atoms with Crippen molar-refractivity contribution < 1.29 is 12.8 Å². The van der Waals surface area contributed by atoms with Gasteiger partial charge in [0, 0.05) is 24.9 Å². The summed E-state index contributed by atoms with van der Waals surface area (Å²) in [5.41, 5.74) is 1.43. The molecule has 2 rings (SSSR count). The Balaban J connectivity index is 1.86. The second-order valence-corrected chi connectivity index (χ2v) is 6.33. The summed E-state index contributed by atoms with van der Waals surface area (Å²) < 4.78 is 38.9. The SMILES string of the molecule is Cc1ncc(CCNS(=O)(=O)Cc2ccc(F)cc2)[nH]1. The largest absolute Gasteiger partial charge is 0.346 e. The quantitative estimate of drug-likeness (QED) is 0.849. The third-order valence-corrected chi connectivity index (χ3v) is 4.10. The average molecular weight is 297 g/mol. The first-order valence-corrected chi connectivity index (χ1v) is 7.82. The van der Waals surface area contributed by atoms with Crippen LogP contribution in [0.1, 0.15) is 17.1 Å². The van der Waals surface area contributed by atoms with Gasteiger partial charge in [-0.05, 0) is 24.6 Å². The molecule has 0 amide bonds. The van der Waals surface area contributed by atoms with Crippen LogP contribution in [0, 0.1) is 12.7 Å². The zero-order valence-electron chi connectivity index (χ0n) is 11.1. The summed E-state index contributed by atoms with van der Waals surface area (Å²) in [6.45, 7) is 2.13. The Labute approximate surface area is 117 Å². The summed E-state index contributed by atoms with van der Waals surface area (Å²) in [5, 5.41) is 0. The molecule has 5 nitrogen and oxygen atoms in total. The van der Waals surface area contributed by atoms with E-state index >= 15 is 0 Å². The second kappa shape index (κ2) is 6.15. The number of benzene rings is 1. The molecule has 0 bridgehead atoms.